The maximum atomic E-state index is 13.9. The van der Waals surface area contributed by atoms with Gasteiger partial charge in [-0.25, -0.2) is 13.7 Å². The van der Waals surface area contributed by atoms with Crippen molar-refractivity contribution in [1.29, 1.82) is 0 Å². The van der Waals surface area contributed by atoms with E-state index < -0.39 is 18.4 Å². The summed E-state index contributed by atoms with van der Waals surface area (Å²) in [6.45, 7) is -0.383. The highest BCUT2D eigenvalue weighted by molar-refractivity contribution is 5.97. The molecule has 1 atom stereocenters. The number of halogens is 3. The highest BCUT2D eigenvalue weighted by Gasteiger charge is 2.30. The molecule has 30 heavy (non-hydrogen) atoms. The maximum Gasteiger partial charge on any atom is 0.387 e. The molecular weight excluding hydrogens is 399 g/mol. The molecule has 0 bridgehead atoms. The molecular formula is C21H20F3N3O3. The SMILES string of the molecule is CCOC(=O)c1cnn2ccc(N3CCC[C@@H]3c3cc(F)ccc3OC(F)F)cc12. The lowest BCUT2D eigenvalue weighted by molar-refractivity contribution is -0.0506. The van der Waals surface area contributed by atoms with Crippen LogP contribution in [0.2, 0.25) is 0 Å². The predicted octanol–water partition coefficient (Wildman–Crippen LogP) is 4.59. The largest absolute Gasteiger partial charge is 0.462 e. The third-order valence-electron chi connectivity index (χ3n) is 5.13. The second-order valence-corrected chi connectivity index (χ2v) is 6.91. The van der Waals surface area contributed by atoms with Crippen molar-refractivity contribution in [2.24, 2.45) is 0 Å². The van der Waals surface area contributed by atoms with Crippen molar-refractivity contribution in [1.82, 2.24) is 9.61 Å². The fraction of sp³-hybridized carbons (Fsp3) is 0.333. The number of anilines is 1. The fourth-order valence-corrected chi connectivity index (χ4v) is 3.90. The summed E-state index contributed by atoms with van der Waals surface area (Å²) in [6, 6.07) is 6.84. The fourth-order valence-electron chi connectivity index (χ4n) is 3.90. The van der Waals surface area contributed by atoms with Gasteiger partial charge in [0.05, 0.1) is 24.4 Å². The van der Waals surface area contributed by atoms with Gasteiger partial charge in [-0.3, -0.25) is 0 Å². The van der Waals surface area contributed by atoms with Crippen molar-refractivity contribution in [2.75, 3.05) is 18.1 Å². The number of carbonyl (C=O) groups is 1. The third-order valence-corrected chi connectivity index (χ3v) is 5.13. The van der Waals surface area contributed by atoms with Crippen molar-refractivity contribution in [3.05, 3.63) is 59.7 Å². The van der Waals surface area contributed by atoms with Gasteiger partial charge in [0.25, 0.3) is 0 Å². The highest BCUT2D eigenvalue weighted by atomic mass is 19.3. The number of nitrogens with zero attached hydrogens (tertiary/aromatic N) is 3. The van der Waals surface area contributed by atoms with Crippen LogP contribution in [0.5, 0.6) is 5.75 Å². The summed E-state index contributed by atoms with van der Waals surface area (Å²) in [5, 5.41) is 4.17. The second kappa shape index (κ2) is 8.25. The highest BCUT2D eigenvalue weighted by Crippen LogP contribution is 2.41. The van der Waals surface area contributed by atoms with E-state index >= 15 is 0 Å². The van der Waals surface area contributed by atoms with E-state index in [2.05, 4.69) is 9.84 Å². The normalized spacial score (nSPS) is 16.4. The van der Waals surface area contributed by atoms with Crippen LogP contribution in [0, 0.1) is 5.82 Å². The Hall–Kier alpha value is -3.23. The molecule has 0 unspecified atom stereocenters. The van der Waals surface area contributed by atoms with E-state index in [4.69, 9.17) is 4.74 Å². The third kappa shape index (κ3) is 3.79. The van der Waals surface area contributed by atoms with Crippen molar-refractivity contribution in [3.8, 4) is 5.75 Å². The average Bonchev–Trinajstić information content (AvgIpc) is 3.35. The van der Waals surface area contributed by atoms with Crippen molar-refractivity contribution >= 4 is 17.2 Å². The lowest BCUT2D eigenvalue weighted by atomic mass is 10.0. The minimum absolute atomic E-state index is 0.0408. The van der Waals surface area contributed by atoms with E-state index in [-0.39, 0.29) is 18.4 Å². The summed E-state index contributed by atoms with van der Waals surface area (Å²) in [5.74, 6) is -1.03. The number of fused-ring (bicyclic) bond motifs is 1. The molecule has 0 N–H and O–H groups in total. The quantitative estimate of drug-likeness (QED) is 0.547. The van der Waals surface area contributed by atoms with Crippen LogP contribution < -0.4 is 9.64 Å². The Morgan fingerprint density at radius 2 is 2.13 bits per heavy atom. The van der Waals surface area contributed by atoms with Gasteiger partial charge in [-0.1, -0.05) is 0 Å². The van der Waals surface area contributed by atoms with Crippen LogP contribution in [-0.2, 0) is 4.74 Å². The Labute approximate surface area is 170 Å². The number of alkyl halides is 2. The van der Waals surface area contributed by atoms with E-state index in [0.29, 0.717) is 29.6 Å². The number of pyridine rings is 1. The Bertz CT molecular complexity index is 1070. The van der Waals surface area contributed by atoms with Crippen molar-refractivity contribution in [3.63, 3.8) is 0 Å². The molecule has 158 valence electrons. The zero-order valence-corrected chi connectivity index (χ0v) is 16.2. The van der Waals surface area contributed by atoms with E-state index in [1.54, 1.807) is 23.7 Å². The number of benzene rings is 1. The minimum Gasteiger partial charge on any atom is -0.462 e. The van der Waals surface area contributed by atoms with E-state index in [1.165, 1.54) is 18.3 Å². The van der Waals surface area contributed by atoms with Crippen LogP contribution in [0.25, 0.3) is 5.52 Å². The molecule has 0 aliphatic carbocycles. The molecule has 1 aromatic carbocycles. The monoisotopic (exact) mass is 419 g/mol. The molecule has 0 spiro atoms. The molecule has 3 aromatic rings. The summed E-state index contributed by atoms with van der Waals surface area (Å²) in [7, 11) is 0. The predicted molar refractivity (Wildman–Crippen MR) is 104 cm³/mol. The number of hydrogen-bond donors (Lipinski definition) is 0. The molecule has 1 aliphatic heterocycles. The molecule has 1 aliphatic rings. The molecule has 1 fully saturated rings. The number of hydrogen-bond acceptors (Lipinski definition) is 5. The minimum atomic E-state index is -3.00. The molecule has 4 rings (SSSR count). The van der Waals surface area contributed by atoms with Crippen molar-refractivity contribution < 1.29 is 27.4 Å². The Morgan fingerprint density at radius 3 is 2.90 bits per heavy atom. The van der Waals surface area contributed by atoms with Crippen LogP contribution >= 0.6 is 0 Å². The van der Waals surface area contributed by atoms with Gasteiger partial charge in [-0.2, -0.15) is 13.9 Å². The van der Waals surface area contributed by atoms with Crippen LogP contribution in [-0.4, -0.2) is 35.3 Å². The van der Waals surface area contributed by atoms with E-state index in [9.17, 15) is 18.0 Å². The van der Waals surface area contributed by atoms with Gasteiger partial charge >= 0.3 is 12.6 Å². The lowest BCUT2D eigenvalue weighted by Crippen LogP contribution is -2.23. The Balaban J connectivity index is 1.72. The lowest BCUT2D eigenvalue weighted by Gasteiger charge is -2.28. The summed E-state index contributed by atoms with van der Waals surface area (Å²) in [5.41, 5.74) is 2.04. The number of rotatable bonds is 6. The topological polar surface area (TPSA) is 56.1 Å². The van der Waals surface area contributed by atoms with Gasteiger partial charge in [0.2, 0.25) is 0 Å². The maximum absolute atomic E-state index is 13.9. The molecule has 3 heterocycles. The summed E-state index contributed by atoms with van der Waals surface area (Å²) in [6.07, 6.45) is 4.60. The first-order valence-electron chi connectivity index (χ1n) is 9.63. The number of carbonyl (C=O) groups excluding carboxylic acids is 1. The molecule has 9 heteroatoms. The van der Waals surface area contributed by atoms with Gasteiger partial charge in [-0.05, 0) is 50.1 Å². The zero-order chi connectivity index (χ0) is 21.3. The van der Waals surface area contributed by atoms with Gasteiger partial charge in [0.1, 0.15) is 17.1 Å². The van der Waals surface area contributed by atoms with Crippen molar-refractivity contribution in [2.45, 2.75) is 32.4 Å². The molecule has 1 saturated heterocycles. The average molecular weight is 419 g/mol. The Kier molecular flexibility index (Phi) is 5.52. The summed E-state index contributed by atoms with van der Waals surface area (Å²) < 4.78 is 50.9. The van der Waals surface area contributed by atoms with Crippen LogP contribution in [0.4, 0.5) is 18.9 Å². The first-order valence-corrected chi connectivity index (χ1v) is 9.63. The molecule has 0 amide bonds. The van der Waals surface area contributed by atoms with E-state index in [1.807, 2.05) is 11.0 Å². The summed E-state index contributed by atoms with van der Waals surface area (Å²) >= 11 is 0. The molecule has 0 saturated carbocycles. The molecule has 0 radical (unpaired) electrons. The first kappa shape index (κ1) is 20.1. The number of esters is 1. The number of ether oxygens (including phenoxy) is 2. The van der Waals surface area contributed by atoms with Gasteiger partial charge in [0.15, 0.2) is 0 Å². The van der Waals surface area contributed by atoms with Gasteiger partial charge in [-0.15, -0.1) is 0 Å². The van der Waals surface area contributed by atoms with E-state index in [0.717, 1.165) is 18.2 Å². The number of aromatic nitrogens is 2. The van der Waals surface area contributed by atoms with Gasteiger partial charge in [0, 0.05) is 24.0 Å². The van der Waals surface area contributed by atoms with Gasteiger partial charge < -0.3 is 14.4 Å². The Morgan fingerprint density at radius 1 is 1.30 bits per heavy atom. The smallest absolute Gasteiger partial charge is 0.387 e. The second-order valence-electron chi connectivity index (χ2n) is 6.91. The molecule has 2 aromatic heterocycles. The zero-order valence-electron chi connectivity index (χ0n) is 16.2. The first-order chi connectivity index (χ1) is 14.5. The van der Waals surface area contributed by atoms with Crippen LogP contribution in [0.3, 0.4) is 0 Å². The standard InChI is InChI=1S/C21H20F3N3O3/c1-2-29-20(28)16-12-25-27-9-7-14(11-18(16)27)26-8-3-4-17(26)15-10-13(22)5-6-19(15)30-21(23)24/h5-7,9-12,17,21H,2-4,8H2,1H3/t17-/m1/s1. The molecule has 6 nitrogen and oxygen atoms in total. The van der Waals surface area contributed by atoms with Crippen LogP contribution in [0.1, 0.15) is 41.7 Å². The summed E-state index contributed by atoms with van der Waals surface area (Å²) in [4.78, 5) is 14.2. The van der Waals surface area contributed by atoms with Crippen LogP contribution in [0.15, 0.2) is 42.7 Å².